The van der Waals surface area contributed by atoms with Gasteiger partial charge in [0, 0.05) is 5.02 Å². The molecule has 3 aromatic carbocycles. The van der Waals surface area contributed by atoms with Gasteiger partial charge in [-0.1, -0.05) is 71.7 Å². The number of aromatic nitrogens is 2. The molecule has 0 saturated carbocycles. The van der Waals surface area contributed by atoms with Gasteiger partial charge in [-0.05, 0) is 29.8 Å². The third-order valence-electron chi connectivity index (χ3n) is 4.36. The summed E-state index contributed by atoms with van der Waals surface area (Å²) in [6.07, 6.45) is 0. The lowest BCUT2D eigenvalue weighted by atomic mass is 10.2. The minimum absolute atomic E-state index is 0.217. The number of hydrogen-bond acceptors (Lipinski definition) is 2. The van der Waals surface area contributed by atoms with Crippen LogP contribution in [0.2, 0.25) is 10.0 Å². The predicted molar refractivity (Wildman–Crippen MR) is 109 cm³/mol. The summed E-state index contributed by atoms with van der Waals surface area (Å²) in [7, 11) is 0. The number of para-hydroxylation sites is 1. The van der Waals surface area contributed by atoms with Gasteiger partial charge in [-0.2, -0.15) is 0 Å². The van der Waals surface area contributed by atoms with Crippen LogP contribution < -0.4 is 11.2 Å². The van der Waals surface area contributed by atoms with E-state index < -0.39 is 11.2 Å². The molecule has 27 heavy (non-hydrogen) atoms. The van der Waals surface area contributed by atoms with Gasteiger partial charge in [0.2, 0.25) is 0 Å². The van der Waals surface area contributed by atoms with Crippen molar-refractivity contribution in [2.75, 3.05) is 0 Å². The Bertz CT molecular complexity index is 1250. The van der Waals surface area contributed by atoms with E-state index in [1.54, 1.807) is 30.3 Å². The molecule has 0 bridgehead atoms. The molecule has 4 nitrogen and oxygen atoms in total. The van der Waals surface area contributed by atoms with Crippen molar-refractivity contribution in [3.05, 3.63) is 109 Å². The molecule has 134 valence electrons. The van der Waals surface area contributed by atoms with Crippen molar-refractivity contribution in [1.29, 1.82) is 0 Å². The second-order valence-electron chi connectivity index (χ2n) is 6.11. The van der Waals surface area contributed by atoms with Crippen LogP contribution in [0, 0.1) is 0 Å². The first kappa shape index (κ1) is 17.6. The zero-order valence-corrected chi connectivity index (χ0v) is 15.6. The Morgan fingerprint density at radius 2 is 1.44 bits per heavy atom. The maximum Gasteiger partial charge on any atom is 0.336 e. The molecule has 0 spiro atoms. The summed E-state index contributed by atoms with van der Waals surface area (Å²) in [5, 5.41) is 0.847. The third-order valence-corrected chi connectivity index (χ3v) is 4.88. The van der Waals surface area contributed by atoms with E-state index in [1.807, 2.05) is 36.4 Å². The predicted octanol–water partition coefficient (Wildman–Crippen LogP) is 4.51. The lowest BCUT2D eigenvalue weighted by molar-refractivity contribution is 0.714. The number of benzene rings is 3. The van der Waals surface area contributed by atoms with Gasteiger partial charge in [0.05, 0.1) is 28.2 Å². The molecule has 0 aliphatic carbocycles. The first-order valence-electron chi connectivity index (χ1n) is 8.30. The zero-order valence-electron chi connectivity index (χ0n) is 14.1. The number of halogens is 2. The molecule has 0 saturated heterocycles. The number of rotatable bonds is 3. The first-order valence-corrected chi connectivity index (χ1v) is 9.06. The van der Waals surface area contributed by atoms with Crippen molar-refractivity contribution in [1.82, 2.24) is 9.13 Å². The Morgan fingerprint density at radius 1 is 0.815 bits per heavy atom. The van der Waals surface area contributed by atoms with E-state index in [1.165, 1.54) is 10.6 Å². The molecular weight excluding hydrogens is 383 g/mol. The Balaban J connectivity index is 2.12. The molecular formula is C21H14Cl2N2O2. The van der Waals surface area contributed by atoms with Gasteiger partial charge >= 0.3 is 5.69 Å². The highest BCUT2D eigenvalue weighted by molar-refractivity contribution is 6.38. The number of fused-ring (bicyclic) bond motifs is 1. The molecule has 4 aromatic rings. The van der Waals surface area contributed by atoms with E-state index in [-0.39, 0.29) is 10.4 Å². The summed E-state index contributed by atoms with van der Waals surface area (Å²) in [5.74, 6) is 0. The lowest BCUT2D eigenvalue weighted by Crippen LogP contribution is -2.39. The van der Waals surface area contributed by atoms with Crippen molar-refractivity contribution < 1.29 is 0 Å². The van der Waals surface area contributed by atoms with Crippen LogP contribution in [0.4, 0.5) is 0 Å². The molecule has 4 rings (SSSR count). The van der Waals surface area contributed by atoms with Crippen LogP contribution in [-0.4, -0.2) is 9.13 Å². The maximum absolute atomic E-state index is 13.3. The van der Waals surface area contributed by atoms with Crippen LogP contribution in [0.5, 0.6) is 0 Å². The molecule has 0 aliphatic rings. The normalized spacial score (nSPS) is 11.0. The molecule has 1 aromatic heterocycles. The first-order chi connectivity index (χ1) is 13.1. The van der Waals surface area contributed by atoms with Crippen LogP contribution in [-0.2, 0) is 6.54 Å². The molecule has 0 aliphatic heterocycles. The monoisotopic (exact) mass is 396 g/mol. The Morgan fingerprint density at radius 3 is 2.11 bits per heavy atom. The largest absolute Gasteiger partial charge is 0.336 e. The van der Waals surface area contributed by atoms with Gasteiger partial charge in [-0.15, -0.1) is 0 Å². The molecule has 0 N–H and O–H groups in total. The molecule has 0 unspecified atom stereocenters. The van der Waals surface area contributed by atoms with Crippen LogP contribution in [0.1, 0.15) is 5.56 Å². The highest BCUT2D eigenvalue weighted by Crippen LogP contribution is 2.25. The zero-order chi connectivity index (χ0) is 19.0. The maximum atomic E-state index is 13.3. The average molecular weight is 397 g/mol. The number of hydrogen-bond donors (Lipinski definition) is 0. The highest BCUT2D eigenvalue weighted by atomic mass is 35.5. The summed E-state index contributed by atoms with van der Waals surface area (Å²) in [4.78, 5) is 26.4. The van der Waals surface area contributed by atoms with Crippen molar-refractivity contribution >= 4 is 34.1 Å². The topological polar surface area (TPSA) is 44.0 Å². The minimum Gasteiger partial charge on any atom is -0.288 e. The Kier molecular flexibility index (Phi) is 4.60. The van der Waals surface area contributed by atoms with E-state index in [9.17, 15) is 9.59 Å². The Hall–Kier alpha value is -2.82. The van der Waals surface area contributed by atoms with Crippen LogP contribution in [0.3, 0.4) is 0 Å². The summed E-state index contributed by atoms with van der Waals surface area (Å²) in [6.45, 7) is 0.292. The average Bonchev–Trinajstić information content (AvgIpc) is 2.66. The molecule has 0 radical (unpaired) electrons. The summed E-state index contributed by atoms with van der Waals surface area (Å²) >= 11 is 12.5. The molecule has 0 amide bonds. The molecule has 0 fully saturated rings. The third kappa shape index (κ3) is 3.18. The van der Waals surface area contributed by atoms with Crippen molar-refractivity contribution in [3.8, 4) is 5.69 Å². The van der Waals surface area contributed by atoms with Crippen LogP contribution >= 0.6 is 23.2 Å². The van der Waals surface area contributed by atoms with Crippen LogP contribution in [0.25, 0.3) is 16.6 Å². The van der Waals surface area contributed by atoms with Gasteiger partial charge in [-0.3, -0.25) is 9.36 Å². The van der Waals surface area contributed by atoms with E-state index in [0.717, 1.165) is 10.1 Å². The Labute approximate surface area is 164 Å². The minimum atomic E-state index is -0.466. The summed E-state index contributed by atoms with van der Waals surface area (Å²) in [5.41, 5.74) is 0.920. The second kappa shape index (κ2) is 7.06. The second-order valence-corrected chi connectivity index (χ2v) is 6.96. The van der Waals surface area contributed by atoms with E-state index in [4.69, 9.17) is 23.2 Å². The van der Waals surface area contributed by atoms with E-state index in [2.05, 4.69) is 0 Å². The van der Waals surface area contributed by atoms with Crippen molar-refractivity contribution in [2.24, 2.45) is 0 Å². The summed E-state index contributed by atoms with van der Waals surface area (Å²) < 4.78 is 2.67. The van der Waals surface area contributed by atoms with Crippen molar-refractivity contribution in [3.63, 3.8) is 0 Å². The fourth-order valence-electron chi connectivity index (χ4n) is 3.13. The van der Waals surface area contributed by atoms with Gasteiger partial charge in [0.15, 0.2) is 0 Å². The van der Waals surface area contributed by atoms with Gasteiger partial charge in [-0.25, -0.2) is 9.36 Å². The fraction of sp³-hybridized carbons (Fsp3) is 0.0476. The fourth-order valence-corrected chi connectivity index (χ4v) is 3.69. The molecule has 1 heterocycles. The van der Waals surface area contributed by atoms with E-state index in [0.29, 0.717) is 22.8 Å². The van der Waals surface area contributed by atoms with Crippen LogP contribution in [0.15, 0.2) is 82.4 Å². The summed E-state index contributed by atoms with van der Waals surface area (Å²) in [6, 6.07) is 21.5. The SMILES string of the molecule is O=c1c2c(Cl)cc(Cl)cc2n(Cc2ccccc2)c(=O)n1-c1ccccc1. The highest BCUT2D eigenvalue weighted by Gasteiger charge is 2.17. The van der Waals surface area contributed by atoms with Gasteiger partial charge in [0.1, 0.15) is 0 Å². The van der Waals surface area contributed by atoms with E-state index >= 15 is 0 Å². The van der Waals surface area contributed by atoms with Crippen molar-refractivity contribution in [2.45, 2.75) is 6.54 Å². The lowest BCUT2D eigenvalue weighted by Gasteiger charge is -2.15. The molecule has 0 atom stereocenters. The van der Waals surface area contributed by atoms with Gasteiger partial charge < -0.3 is 0 Å². The number of nitrogens with zero attached hydrogens (tertiary/aromatic N) is 2. The standard InChI is InChI=1S/C21H14Cl2N2O2/c22-15-11-17(23)19-18(12-15)24(13-14-7-3-1-4-8-14)21(27)25(20(19)26)16-9-5-2-6-10-16/h1-12H,13H2. The quantitative estimate of drug-likeness (QED) is 0.511. The van der Waals surface area contributed by atoms with Gasteiger partial charge in [0.25, 0.3) is 5.56 Å². The smallest absolute Gasteiger partial charge is 0.288 e. The molecule has 6 heteroatoms.